The van der Waals surface area contributed by atoms with E-state index in [2.05, 4.69) is 21.2 Å². The number of halogens is 1. The molecular formula is C18H13BrN2O2S2. The lowest BCUT2D eigenvalue weighted by Gasteiger charge is -2.07. The Bertz CT molecular complexity index is 894. The minimum Gasteiger partial charge on any atom is -0.321 e. The highest BCUT2D eigenvalue weighted by atomic mass is 79.9. The second-order valence-electron chi connectivity index (χ2n) is 5.30. The van der Waals surface area contributed by atoms with Gasteiger partial charge in [0.05, 0.1) is 10.6 Å². The van der Waals surface area contributed by atoms with Gasteiger partial charge in [-0.05, 0) is 51.8 Å². The first kappa shape index (κ1) is 17.8. The molecule has 2 aromatic carbocycles. The molecule has 2 aromatic rings. The van der Waals surface area contributed by atoms with E-state index in [1.54, 1.807) is 37.4 Å². The zero-order valence-corrected chi connectivity index (χ0v) is 16.4. The average molecular weight is 433 g/mol. The van der Waals surface area contributed by atoms with Crippen molar-refractivity contribution in [2.75, 3.05) is 12.4 Å². The van der Waals surface area contributed by atoms with E-state index in [1.165, 1.54) is 16.7 Å². The molecule has 2 amide bonds. The summed E-state index contributed by atoms with van der Waals surface area (Å²) in [5.74, 6) is -0.302. The summed E-state index contributed by atoms with van der Waals surface area (Å²) in [7, 11) is 1.66. The fourth-order valence-corrected chi connectivity index (χ4v) is 3.75. The van der Waals surface area contributed by atoms with Gasteiger partial charge < -0.3 is 5.32 Å². The van der Waals surface area contributed by atoms with Gasteiger partial charge in [0, 0.05) is 17.1 Å². The molecule has 0 aliphatic carbocycles. The van der Waals surface area contributed by atoms with Crippen LogP contribution in [0.1, 0.15) is 15.9 Å². The standard InChI is InChI=1S/C18H13BrN2O2S2/c1-21-17(23)15(25-18(21)24)10-11-6-8-12(9-7-11)16(22)20-14-5-3-2-4-13(14)19/h2-10H,1H3,(H,20,22)/b15-10+. The van der Waals surface area contributed by atoms with Gasteiger partial charge in [-0.2, -0.15) is 0 Å². The van der Waals surface area contributed by atoms with Crippen molar-refractivity contribution in [1.29, 1.82) is 0 Å². The van der Waals surface area contributed by atoms with Crippen LogP contribution in [0.15, 0.2) is 57.9 Å². The van der Waals surface area contributed by atoms with Crippen molar-refractivity contribution in [2.24, 2.45) is 0 Å². The van der Waals surface area contributed by atoms with Crippen molar-refractivity contribution in [1.82, 2.24) is 4.90 Å². The highest BCUT2D eigenvalue weighted by Crippen LogP contribution is 2.31. The van der Waals surface area contributed by atoms with E-state index in [0.717, 1.165) is 10.0 Å². The topological polar surface area (TPSA) is 49.4 Å². The summed E-state index contributed by atoms with van der Waals surface area (Å²) in [4.78, 5) is 26.4. The quantitative estimate of drug-likeness (QED) is 0.571. The maximum atomic E-state index is 12.3. The molecule has 1 aliphatic heterocycles. The number of likely N-dealkylation sites (N-methyl/N-ethyl adjacent to an activating group) is 1. The van der Waals surface area contributed by atoms with Crippen LogP contribution in [-0.2, 0) is 4.79 Å². The molecule has 1 fully saturated rings. The second-order valence-corrected chi connectivity index (χ2v) is 7.83. The molecule has 126 valence electrons. The van der Waals surface area contributed by atoms with E-state index in [1.807, 2.05) is 24.3 Å². The van der Waals surface area contributed by atoms with Crippen LogP contribution in [-0.4, -0.2) is 28.1 Å². The van der Waals surface area contributed by atoms with Crippen molar-refractivity contribution in [3.63, 3.8) is 0 Å². The lowest BCUT2D eigenvalue weighted by Crippen LogP contribution is -2.22. The van der Waals surface area contributed by atoms with Gasteiger partial charge in [0.25, 0.3) is 11.8 Å². The molecule has 1 N–H and O–H groups in total. The molecule has 4 nitrogen and oxygen atoms in total. The molecule has 0 spiro atoms. The molecule has 3 rings (SSSR count). The Morgan fingerprint density at radius 1 is 1.20 bits per heavy atom. The van der Waals surface area contributed by atoms with Crippen LogP contribution in [0.4, 0.5) is 5.69 Å². The maximum absolute atomic E-state index is 12.3. The molecule has 1 heterocycles. The molecule has 0 radical (unpaired) electrons. The third-order valence-corrected chi connectivity index (χ3v) is 5.76. The summed E-state index contributed by atoms with van der Waals surface area (Å²) in [5, 5.41) is 2.85. The van der Waals surface area contributed by atoms with Gasteiger partial charge in [-0.15, -0.1) is 0 Å². The first-order valence-electron chi connectivity index (χ1n) is 7.33. The lowest BCUT2D eigenvalue weighted by atomic mass is 10.1. The predicted octanol–water partition coefficient (Wildman–Crippen LogP) is 4.53. The zero-order valence-electron chi connectivity index (χ0n) is 13.2. The predicted molar refractivity (Wildman–Crippen MR) is 109 cm³/mol. The summed E-state index contributed by atoms with van der Waals surface area (Å²) in [5.41, 5.74) is 2.09. The van der Waals surface area contributed by atoms with Crippen molar-refractivity contribution >= 4 is 67.8 Å². The first-order valence-corrected chi connectivity index (χ1v) is 9.35. The zero-order chi connectivity index (χ0) is 18.0. The number of carbonyl (C=O) groups excluding carboxylic acids is 2. The van der Waals surface area contributed by atoms with Crippen LogP contribution in [0.5, 0.6) is 0 Å². The third-order valence-electron chi connectivity index (χ3n) is 3.58. The number of carbonyl (C=O) groups is 2. The average Bonchev–Trinajstić information content (AvgIpc) is 2.84. The fourth-order valence-electron chi connectivity index (χ4n) is 2.18. The van der Waals surface area contributed by atoms with Gasteiger partial charge in [-0.25, -0.2) is 0 Å². The number of amides is 2. The summed E-state index contributed by atoms with van der Waals surface area (Å²) in [6.07, 6.45) is 1.78. The van der Waals surface area contributed by atoms with E-state index in [4.69, 9.17) is 12.2 Å². The molecular weight excluding hydrogens is 420 g/mol. The van der Waals surface area contributed by atoms with Gasteiger partial charge in [0.15, 0.2) is 0 Å². The van der Waals surface area contributed by atoms with E-state index in [0.29, 0.717) is 20.5 Å². The van der Waals surface area contributed by atoms with Crippen LogP contribution in [0.3, 0.4) is 0 Å². The van der Waals surface area contributed by atoms with Crippen LogP contribution in [0.25, 0.3) is 6.08 Å². The smallest absolute Gasteiger partial charge is 0.265 e. The molecule has 0 aromatic heterocycles. The Morgan fingerprint density at radius 2 is 1.88 bits per heavy atom. The van der Waals surface area contributed by atoms with Gasteiger partial charge in [0.1, 0.15) is 4.32 Å². The van der Waals surface area contributed by atoms with Crippen molar-refractivity contribution in [3.8, 4) is 0 Å². The van der Waals surface area contributed by atoms with Crippen molar-refractivity contribution in [2.45, 2.75) is 0 Å². The Balaban J connectivity index is 1.74. The second kappa shape index (κ2) is 7.51. The minimum absolute atomic E-state index is 0.106. The molecule has 0 saturated carbocycles. The van der Waals surface area contributed by atoms with E-state index >= 15 is 0 Å². The SMILES string of the molecule is CN1C(=O)/C(=C\c2ccc(C(=O)Nc3ccccc3Br)cc2)SC1=S. The van der Waals surface area contributed by atoms with Crippen molar-refractivity contribution < 1.29 is 9.59 Å². The van der Waals surface area contributed by atoms with Gasteiger partial charge in [0.2, 0.25) is 0 Å². The minimum atomic E-state index is -0.196. The number of hydrogen-bond acceptors (Lipinski definition) is 4. The third kappa shape index (κ3) is 4.00. The number of thiocarbonyl (C=S) groups is 1. The summed E-state index contributed by atoms with van der Waals surface area (Å²) < 4.78 is 1.36. The van der Waals surface area contributed by atoms with Crippen LogP contribution < -0.4 is 5.32 Å². The van der Waals surface area contributed by atoms with E-state index in [9.17, 15) is 9.59 Å². The Kier molecular flexibility index (Phi) is 5.36. The Morgan fingerprint density at radius 3 is 2.48 bits per heavy atom. The number of rotatable bonds is 3. The normalized spacial score (nSPS) is 15.8. The summed E-state index contributed by atoms with van der Waals surface area (Å²) >= 11 is 9.79. The van der Waals surface area contributed by atoms with Gasteiger partial charge in [-0.1, -0.05) is 48.2 Å². The molecule has 25 heavy (non-hydrogen) atoms. The van der Waals surface area contributed by atoms with Crippen LogP contribution >= 0.6 is 39.9 Å². The number of para-hydroxylation sites is 1. The van der Waals surface area contributed by atoms with Crippen LogP contribution in [0.2, 0.25) is 0 Å². The molecule has 7 heteroatoms. The number of nitrogens with zero attached hydrogens (tertiary/aromatic N) is 1. The van der Waals surface area contributed by atoms with E-state index in [-0.39, 0.29) is 11.8 Å². The maximum Gasteiger partial charge on any atom is 0.265 e. The number of benzene rings is 2. The fraction of sp³-hybridized carbons (Fsp3) is 0.0556. The molecule has 1 aliphatic rings. The van der Waals surface area contributed by atoms with Gasteiger partial charge in [-0.3, -0.25) is 14.5 Å². The summed E-state index contributed by atoms with van der Waals surface area (Å²) in [6, 6.07) is 14.5. The first-order chi connectivity index (χ1) is 12.0. The lowest BCUT2D eigenvalue weighted by molar-refractivity contribution is -0.121. The molecule has 0 atom stereocenters. The largest absolute Gasteiger partial charge is 0.321 e. The molecule has 1 saturated heterocycles. The highest BCUT2D eigenvalue weighted by molar-refractivity contribution is 9.10. The summed E-state index contributed by atoms with van der Waals surface area (Å²) in [6.45, 7) is 0. The monoisotopic (exact) mass is 432 g/mol. The highest BCUT2D eigenvalue weighted by Gasteiger charge is 2.28. The van der Waals surface area contributed by atoms with Crippen LogP contribution in [0, 0.1) is 0 Å². The van der Waals surface area contributed by atoms with Crippen molar-refractivity contribution in [3.05, 3.63) is 69.0 Å². The number of nitrogens with one attached hydrogen (secondary N) is 1. The Labute approximate surface area is 163 Å². The molecule has 0 bridgehead atoms. The van der Waals surface area contributed by atoms with Gasteiger partial charge >= 0.3 is 0 Å². The number of anilines is 1. The Hall–Kier alpha value is -1.96. The molecule has 0 unspecified atom stereocenters. The number of thioether (sulfide) groups is 1. The van der Waals surface area contributed by atoms with E-state index < -0.39 is 0 Å². The number of hydrogen-bond donors (Lipinski definition) is 1.